The maximum Gasteiger partial charge on any atom is 0.225 e. The number of fused-ring (bicyclic) bond motifs is 1. The molecular formula is C17H22N4O2S. The lowest BCUT2D eigenvalue weighted by Crippen LogP contribution is -2.47. The van der Waals surface area contributed by atoms with Crippen molar-refractivity contribution >= 4 is 33.3 Å². The van der Waals surface area contributed by atoms with E-state index in [1.54, 1.807) is 17.7 Å². The molecule has 0 bridgehead atoms. The molecule has 128 valence electrons. The molecule has 2 aromatic heterocycles. The third-order valence-electron chi connectivity index (χ3n) is 4.90. The molecule has 2 aromatic rings. The van der Waals surface area contributed by atoms with E-state index in [2.05, 4.69) is 27.9 Å². The van der Waals surface area contributed by atoms with Crippen molar-refractivity contribution in [1.82, 2.24) is 14.9 Å². The molecular weight excluding hydrogens is 324 g/mol. The van der Waals surface area contributed by atoms with Crippen molar-refractivity contribution in [3.8, 4) is 0 Å². The van der Waals surface area contributed by atoms with Gasteiger partial charge >= 0.3 is 0 Å². The summed E-state index contributed by atoms with van der Waals surface area (Å²) in [5.74, 6) is 1.46. The number of ether oxygens (including phenoxy) is 1. The number of hydrogen-bond donors (Lipinski definition) is 0. The molecule has 0 radical (unpaired) electrons. The van der Waals surface area contributed by atoms with Crippen LogP contribution in [0.15, 0.2) is 12.4 Å². The summed E-state index contributed by atoms with van der Waals surface area (Å²) in [7, 11) is 0. The van der Waals surface area contributed by atoms with Crippen LogP contribution in [0.4, 0.5) is 5.82 Å². The van der Waals surface area contributed by atoms with Crippen LogP contribution in [0.1, 0.15) is 17.7 Å². The number of amides is 1. The summed E-state index contributed by atoms with van der Waals surface area (Å²) in [4.78, 5) is 28.1. The number of morpholine rings is 1. The molecule has 4 rings (SSSR count). The molecule has 2 aliphatic rings. The molecule has 0 saturated carbocycles. The quantitative estimate of drug-likeness (QED) is 0.833. The first kappa shape index (κ1) is 15.8. The summed E-state index contributed by atoms with van der Waals surface area (Å²) in [5, 5.41) is 1.14. The second-order valence-electron chi connectivity index (χ2n) is 6.47. The van der Waals surface area contributed by atoms with Gasteiger partial charge in [0.2, 0.25) is 5.91 Å². The Hall–Kier alpha value is -1.73. The van der Waals surface area contributed by atoms with Crippen LogP contribution >= 0.6 is 11.3 Å². The zero-order valence-electron chi connectivity index (χ0n) is 13.9. The van der Waals surface area contributed by atoms with Crippen molar-refractivity contribution in [2.75, 3.05) is 44.3 Å². The number of piperidine rings is 1. The first-order chi connectivity index (χ1) is 11.7. The monoisotopic (exact) mass is 346 g/mol. The summed E-state index contributed by atoms with van der Waals surface area (Å²) in [6.07, 6.45) is 3.44. The number of aryl methyl sites for hydroxylation is 1. The number of nitrogens with zero attached hydrogens (tertiary/aromatic N) is 4. The van der Waals surface area contributed by atoms with Gasteiger partial charge in [-0.15, -0.1) is 11.3 Å². The molecule has 0 unspecified atom stereocenters. The number of carbonyl (C=O) groups is 1. The summed E-state index contributed by atoms with van der Waals surface area (Å²) in [5.41, 5.74) is 0. The Bertz CT molecular complexity index is 733. The van der Waals surface area contributed by atoms with Crippen LogP contribution in [0, 0.1) is 12.8 Å². The lowest BCUT2D eigenvalue weighted by molar-refractivity contribution is -0.140. The zero-order chi connectivity index (χ0) is 16.5. The maximum atomic E-state index is 12.6. The summed E-state index contributed by atoms with van der Waals surface area (Å²) in [6.45, 7) is 6.66. The van der Waals surface area contributed by atoms with E-state index in [4.69, 9.17) is 4.74 Å². The Morgan fingerprint density at radius 3 is 2.71 bits per heavy atom. The zero-order valence-corrected chi connectivity index (χ0v) is 14.7. The molecule has 0 N–H and O–H groups in total. The molecule has 0 aliphatic carbocycles. The van der Waals surface area contributed by atoms with Crippen molar-refractivity contribution in [1.29, 1.82) is 0 Å². The van der Waals surface area contributed by atoms with Crippen LogP contribution in [0.5, 0.6) is 0 Å². The van der Waals surface area contributed by atoms with Gasteiger partial charge in [-0.2, -0.15) is 0 Å². The first-order valence-electron chi connectivity index (χ1n) is 8.55. The fourth-order valence-electron chi connectivity index (χ4n) is 3.60. The average Bonchev–Trinajstić information content (AvgIpc) is 3.02. The second kappa shape index (κ2) is 6.64. The smallest absolute Gasteiger partial charge is 0.225 e. The van der Waals surface area contributed by atoms with Gasteiger partial charge in [0.1, 0.15) is 17.0 Å². The van der Waals surface area contributed by atoms with Crippen LogP contribution < -0.4 is 4.90 Å². The van der Waals surface area contributed by atoms with Crippen molar-refractivity contribution in [2.24, 2.45) is 5.92 Å². The van der Waals surface area contributed by atoms with E-state index in [1.165, 1.54) is 4.88 Å². The Morgan fingerprint density at radius 1 is 1.21 bits per heavy atom. The van der Waals surface area contributed by atoms with E-state index >= 15 is 0 Å². The minimum absolute atomic E-state index is 0.140. The maximum absolute atomic E-state index is 12.6. The molecule has 7 heteroatoms. The van der Waals surface area contributed by atoms with Crippen LogP contribution in [0.2, 0.25) is 0 Å². The van der Waals surface area contributed by atoms with Gasteiger partial charge in [-0.1, -0.05) is 0 Å². The van der Waals surface area contributed by atoms with E-state index < -0.39 is 0 Å². The molecule has 4 heterocycles. The van der Waals surface area contributed by atoms with Crippen molar-refractivity contribution in [3.05, 3.63) is 17.3 Å². The molecule has 2 aliphatic heterocycles. The van der Waals surface area contributed by atoms with E-state index in [9.17, 15) is 4.79 Å². The highest BCUT2D eigenvalue weighted by molar-refractivity contribution is 7.18. The fourth-order valence-corrected chi connectivity index (χ4v) is 4.44. The lowest BCUT2D eigenvalue weighted by atomic mass is 9.95. The standard InChI is InChI=1S/C17H22N4O2S/c1-12-10-14-15(18-11-19-16(14)24-12)20-4-2-13(3-5-20)17(22)21-6-8-23-9-7-21/h10-11,13H,2-9H2,1H3. The molecule has 0 atom stereocenters. The Morgan fingerprint density at radius 2 is 1.96 bits per heavy atom. The third kappa shape index (κ3) is 2.98. The Labute approximate surface area is 145 Å². The highest BCUT2D eigenvalue weighted by atomic mass is 32.1. The van der Waals surface area contributed by atoms with E-state index in [0.29, 0.717) is 19.1 Å². The van der Waals surface area contributed by atoms with Gasteiger partial charge < -0.3 is 14.5 Å². The summed E-state index contributed by atoms with van der Waals surface area (Å²) >= 11 is 1.70. The molecule has 2 fully saturated rings. The molecule has 2 saturated heterocycles. The predicted octanol–water partition coefficient (Wildman–Crippen LogP) is 2.07. The van der Waals surface area contributed by atoms with Crippen LogP contribution in [0.25, 0.3) is 10.2 Å². The van der Waals surface area contributed by atoms with Gasteiger partial charge in [0.25, 0.3) is 0 Å². The van der Waals surface area contributed by atoms with E-state index in [-0.39, 0.29) is 5.92 Å². The van der Waals surface area contributed by atoms with Gasteiger partial charge in [0.05, 0.1) is 18.6 Å². The number of carbonyl (C=O) groups excluding carboxylic acids is 1. The van der Waals surface area contributed by atoms with Crippen molar-refractivity contribution in [3.63, 3.8) is 0 Å². The van der Waals surface area contributed by atoms with Gasteiger partial charge in [-0.3, -0.25) is 4.79 Å². The molecule has 1 amide bonds. The van der Waals surface area contributed by atoms with Crippen LogP contribution in [-0.4, -0.2) is 60.2 Å². The van der Waals surface area contributed by atoms with Crippen LogP contribution in [0.3, 0.4) is 0 Å². The molecule has 0 spiro atoms. The van der Waals surface area contributed by atoms with Gasteiger partial charge in [-0.25, -0.2) is 9.97 Å². The topological polar surface area (TPSA) is 58.6 Å². The largest absolute Gasteiger partial charge is 0.378 e. The number of rotatable bonds is 2. The van der Waals surface area contributed by atoms with Gasteiger partial charge in [-0.05, 0) is 25.8 Å². The number of hydrogen-bond acceptors (Lipinski definition) is 6. The molecule has 0 aromatic carbocycles. The lowest BCUT2D eigenvalue weighted by Gasteiger charge is -2.36. The highest BCUT2D eigenvalue weighted by Crippen LogP contribution is 2.32. The Kier molecular flexibility index (Phi) is 4.37. The normalized spacial score (nSPS) is 19.9. The number of aromatic nitrogens is 2. The predicted molar refractivity (Wildman–Crippen MR) is 94.5 cm³/mol. The SMILES string of the molecule is Cc1cc2c(N3CCC(C(=O)N4CCOCC4)CC3)ncnc2s1. The minimum atomic E-state index is 0.140. The number of anilines is 1. The highest BCUT2D eigenvalue weighted by Gasteiger charge is 2.30. The third-order valence-corrected chi connectivity index (χ3v) is 5.86. The summed E-state index contributed by atoms with van der Waals surface area (Å²) < 4.78 is 5.34. The summed E-state index contributed by atoms with van der Waals surface area (Å²) in [6, 6.07) is 2.17. The van der Waals surface area contributed by atoms with Crippen LogP contribution in [-0.2, 0) is 9.53 Å². The van der Waals surface area contributed by atoms with Gasteiger partial charge in [0.15, 0.2) is 0 Å². The molecule has 24 heavy (non-hydrogen) atoms. The van der Waals surface area contributed by atoms with Crippen molar-refractivity contribution in [2.45, 2.75) is 19.8 Å². The number of thiophene rings is 1. The van der Waals surface area contributed by atoms with Crippen molar-refractivity contribution < 1.29 is 9.53 Å². The van der Waals surface area contributed by atoms with E-state index in [0.717, 1.165) is 55.1 Å². The fraction of sp³-hybridized carbons (Fsp3) is 0.588. The van der Waals surface area contributed by atoms with Gasteiger partial charge in [0, 0.05) is 37.0 Å². The molecule has 6 nitrogen and oxygen atoms in total. The second-order valence-corrected chi connectivity index (χ2v) is 7.71. The average molecular weight is 346 g/mol. The Balaban J connectivity index is 1.44. The first-order valence-corrected chi connectivity index (χ1v) is 9.36. The minimum Gasteiger partial charge on any atom is -0.378 e. The van der Waals surface area contributed by atoms with E-state index in [1.807, 2.05) is 4.90 Å².